The van der Waals surface area contributed by atoms with Crippen LogP contribution >= 0.6 is 0 Å². The molecule has 0 atom stereocenters. The van der Waals surface area contributed by atoms with E-state index in [0.29, 0.717) is 12.3 Å². The van der Waals surface area contributed by atoms with Gasteiger partial charge in [0.25, 0.3) is 0 Å². The highest BCUT2D eigenvalue weighted by molar-refractivity contribution is 5.33. The zero-order chi connectivity index (χ0) is 13.9. The molecule has 0 radical (unpaired) electrons. The molecule has 0 N–H and O–H groups in total. The van der Waals surface area contributed by atoms with Crippen molar-refractivity contribution in [1.29, 1.82) is 5.26 Å². The van der Waals surface area contributed by atoms with Crippen molar-refractivity contribution in [3.63, 3.8) is 0 Å². The fourth-order valence-corrected chi connectivity index (χ4v) is 2.64. The van der Waals surface area contributed by atoms with Gasteiger partial charge in [-0.3, -0.25) is 0 Å². The second kappa shape index (κ2) is 5.58. The van der Waals surface area contributed by atoms with Gasteiger partial charge in [-0.2, -0.15) is 5.26 Å². The van der Waals surface area contributed by atoms with E-state index in [9.17, 15) is 9.65 Å². The van der Waals surface area contributed by atoms with Gasteiger partial charge in [0.2, 0.25) is 0 Å². The van der Waals surface area contributed by atoms with Crippen LogP contribution in [-0.2, 0) is 6.54 Å². The standard InChI is InChI=1S/C15H19FN2O/c1-18(11-15(10-17)6-3-7-15)9-12-8-13(16)4-5-14(12)19-2/h4-5,8H,3,6-7,9,11H2,1-2H3. The summed E-state index contributed by atoms with van der Waals surface area (Å²) in [5.74, 6) is 0.427. The highest BCUT2D eigenvalue weighted by Gasteiger charge is 2.38. The first kappa shape index (κ1) is 13.8. The van der Waals surface area contributed by atoms with Crippen LogP contribution in [0.15, 0.2) is 18.2 Å². The van der Waals surface area contributed by atoms with Crippen molar-refractivity contribution in [2.45, 2.75) is 25.8 Å². The van der Waals surface area contributed by atoms with E-state index in [4.69, 9.17) is 4.74 Å². The predicted octanol–water partition coefficient (Wildman–Crippen LogP) is 2.96. The number of nitriles is 1. The van der Waals surface area contributed by atoms with Gasteiger partial charge in [-0.1, -0.05) is 6.42 Å². The van der Waals surface area contributed by atoms with Gasteiger partial charge in [0.15, 0.2) is 0 Å². The van der Waals surface area contributed by atoms with Crippen molar-refractivity contribution in [1.82, 2.24) is 4.90 Å². The number of methoxy groups -OCH3 is 1. The SMILES string of the molecule is COc1ccc(F)cc1CN(C)CC1(C#N)CCC1. The Kier molecular flexibility index (Phi) is 4.06. The maximum absolute atomic E-state index is 13.3. The smallest absolute Gasteiger partial charge is 0.123 e. The van der Waals surface area contributed by atoms with Crippen molar-refractivity contribution in [2.75, 3.05) is 20.7 Å². The largest absolute Gasteiger partial charge is 0.496 e. The van der Waals surface area contributed by atoms with Crippen LogP contribution in [0.25, 0.3) is 0 Å². The quantitative estimate of drug-likeness (QED) is 0.818. The van der Waals surface area contributed by atoms with Gasteiger partial charge in [-0.15, -0.1) is 0 Å². The Balaban J connectivity index is 2.04. The molecule has 1 aliphatic rings. The van der Waals surface area contributed by atoms with Crippen LogP contribution in [0.5, 0.6) is 5.75 Å². The molecular formula is C15H19FN2O. The highest BCUT2D eigenvalue weighted by Crippen LogP contribution is 2.40. The Morgan fingerprint density at radius 1 is 1.47 bits per heavy atom. The molecular weight excluding hydrogens is 243 g/mol. The van der Waals surface area contributed by atoms with Crippen molar-refractivity contribution >= 4 is 0 Å². The number of hydrogen-bond donors (Lipinski definition) is 0. The zero-order valence-corrected chi connectivity index (χ0v) is 11.4. The lowest BCUT2D eigenvalue weighted by Gasteiger charge is -2.38. The summed E-state index contributed by atoms with van der Waals surface area (Å²) in [5.41, 5.74) is 0.618. The second-order valence-corrected chi connectivity index (χ2v) is 5.37. The fraction of sp³-hybridized carbons (Fsp3) is 0.533. The number of halogens is 1. The van der Waals surface area contributed by atoms with Crippen LogP contribution in [0.3, 0.4) is 0 Å². The average Bonchev–Trinajstić information content (AvgIpc) is 2.34. The monoisotopic (exact) mass is 262 g/mol. The number of benzene rings is 1. The maximum atomic E-state index is 13.3. The topological polar surface area (TPSA) is 36.3 Å². The van der Waals surface area contributed by atoms with E-state index in [2.05, 4.69) is 11.0 Å². The van der Waals surface area contributed by atoms with E-state index >= 15 is 0 Å². The Labute approximate surface area is 113 Å². The molecule has 1 aromatic rings. The summed E-state index contributed by atoms with van der Waals surface area (Å²) < 4.78 is 18.5. The minimum absolute atomic E-state index is 0.199. The first-order chi connectivity index (χ1) is 9.08. The molecule has 3 nitrogen and oxygen atoms in total. The van der Waals surface area contributed by atoms with Gasteiger partial charge in [-0.25, -0.2) is 4.39 Å². The number of ether oxygens (including phenoxy) is 1. The molecule has 0 bridgehead atoms. The van der Waals surface area contributed by atoms with E-state index in [1.165, 1.54) is 12.1 Å². The van der Waals surface area contributed by atoms with Gasteiger partial charge in [0.05, 0.1) is 18.6 Å². The van der Waals surface area contributed by atoms with E-state index in [1.54, 1.807) is 13.2 Å². The summed E-state index contributed by atoms with van der Waals surface area (Å²) in [4.78, 5) is 2.07. The van der Waals surface area contributed by atoms with Crippen molar-refractivity contribution in [3.05, 3.63) is 29.6 Å². The van der Waals surface area contributed by atoms with Crippen LogP contribution in [0.2, 0.25) is 0 Å². The summed E-state index contributed by atoms with van der Waals surface area (Å²) in [6.45, 7) is 1.31. The predicted molar refractivity (Wildman–Crippen MR) is 71.2 cm³/mol. The van der Waals surface area contributed by atoms with Gasteiger partial charge in [-0.05, 0) is 38.1 Å². The minimum Gasteiger partial charge on any atom is -0.496 e. The molecule has 4 heteroatoms. The maximum Gasteiger partial charge on any atom is 0.123 e. The molecule has 1 aliphatic carbocycles. The summed E-state index contributed by atoms with van der Waals surface area (Å²) in [7, 11) is 3.54. The molecule has 0 aliphatic heterocycles. The summed E-state index contributed by atoms with van der Waals surface area (Å²) >= 11 is 0. The van der Waals surface area contributed by atoms with Crippen LogP contribution in [0.4, 0.5) is 4.39 Å². The van der Waals surface area contributed by atoms with Gasteiger partial charge < -0.3 is 9.64 Å². The Morgan fingerprint density at radius 3 is 2.74 bits per heavy atom. The summed E-state index contributed by atoms with van der Waals surface area (Å²) in [6, 6.07) is 6.95. The third kappa shape index (κ3) is 3.05. The van der Waals surface area contributed by atoms with Gasteiger partial charge in [0.1, 0.15) is 11.6 Å². The third-order valence-corrected chi connectivity index (χ3v) is 3.80. The Morgan fingerprint density at radius 2 is 2.21 bits per heavy atom. The minimum atomic E-state index is -0.261. The lowest BCUT2D eigenvalue weighted by molar-refractivity contribution is 0.133. The zero-order valence-electron chi connectivity index (χ0n) is 11.4. The van der Waals surface area contributed by atoms with Crippen LogP contribution in [-0.4, -0.2) is 25.6 Å². The first-order valence-corrected chi connectivity index (χ1v) is 6.51. The van der Waals surface area contributed by atoms with Crippen molar-refractivity contribution in [3.8, 4) is 11.8 Å². The summed E-state index contributed by atoms with van der Waals surface area (Å²) in [5, 5.41) is 9.24. The third-order valence-electron chi connectivity index (χ3n) is 3.80. The van der Waals surface area contributed by atoms with E-state index < -0.39 is 0 Å². The fourth-order valence-electron chi connectivity index (χ4n) is 2.64. The lowest BCUT2D eigenvalue weighted by Crippen LogP contribution is -2.39. The molecule has 1 saturated carbocycles. The van der Waals surface area contributed by atoms with E-state index in [1.807, 2.05) is 7.05 Å². The molecule has 1 fully saturated rings. The highest BCUT2D eigenvalue weighted by atomic mass is 19.1. The Hall–Kier alpha value is -1.60. The van der Waals surface area contributed by atoms with Crippen molar-refractivity contribution < 1.29 is 9.13 Å². The second-order valence-electron chi connectivity index (χ2n) is 5.37. The average molecular weight is 262 g/mol. The molecule has 0 heterocycles. The molecule has 0 aromatic heterocycles. The van der Waals surface area contributed by atoms with Gasteiger partial charge in [0, 0.05) is 18.7 Å². The van der Waals surface area contributed by atoms with Crippen LogP contribution < -0.4 is 4.74 Å². The number of hydrogen-bond acceptors (Lipinski definition) is 3. The van der Waals surface area contributed by atoms with Crippen molar-refractivity contribution in [2.24, 2.45) is 5.41 Å². The molecule has 0 unspecified atom stereocenters. The molecule has 19 heavy (non-hydrogen) atoms. The molecule has 1 aromatic carbocycles. The van der Waals surface area contributed by atoms with Crippen LogP contribution in [0, 0.1) is 22.6 Å². The molecule has 2 rings (SSSR count). The molecule has 0 amide bonds. The van der Waals surface area contributed by atoms with E-state index in [0.717, 1.165) is 31.4 Å². The Bertz CT molecular complexity index is 491. The first-order valence-electron chi connectivity index (χ1n) is 6.51. The molecule has 102 valence electrons. The molecule has 0 spiro atoms. The normalized spacial score (nSPS) is 16.8. The van der Waals surface area contributed by atoms with E-state index in [-0.39, 0.29) is 11.2 Å². The van der Waals surface area contributed by atoms with Crippen LogP contribution in [0.1, 0.15) is 24.8 Å². The number of nitrogens with zero attached hydrogens (tertiary/aromatic N) is 2. The molecule has 0 saturated heterocycles. The lowest BCUT2D eigenvalue weighted by atomic mass is 9.69. The van der Waals surface area contributed by atoms with Gasteiger partial charge >= 0.3 is 0 Å². The summed E-state index contributed by atoms with van der Waals surface area (Å²) in [6.07, 6.45) is 3.06. The number of rotatable bonds is 5.